The molecule has 0 radical (unpaired) electrons. The Labute approximate surface area is 204 Å². The molecule has 0 aliphatic carbocycles. The third-order valence-corrected chi connectivity index (χ3v) is 5.39. The van der Waals surface area contributed by atoms with E-state index in [1.54, 1.807) is 29.1 Å². The monoisotopic (exact) mass is 474 g/mol. The van der Waals surface area contributed by atoms with Crippen molar-refractivity contribution < 1.29 is 19.0 Å². The molecule has 0 saturated carbocycles. The Kier molecular flexibility index (Phi) is 7.50. The Morgan fingerprint density at radius 2 is 1.43 bits per heavy atom. The number of hydrogen-bond donors (Lipinski definition) is 1. The molecule has 0 unspecified atom stereocenters. The smallest absolute Gasteiger partial charge is 0.255 e. The van der Waals surface area contributed by atoms with Gasteiger partial charge in [-0.05, 0) is 75.2 Å². The lowest BCUT2D eigenvalue weighted by molar-refractivity contribution is 0.102. The molecular formula is C27H30N4O4. The Morgan fingerprint density at radius 1 is 0.800 bits per heavy atom. The molecule has 8 heteroatoms. The number of fused-ring (bicyclic) bond motifs is 1. The summed E-state index contributed by atoms with van der Waals surface area (Å²) in [6.45, 7) is 9.09. The van der Waals surface area contributed by atoms with Crippen LogP contribution in [0.5, 0.6) is 17.2 Å². The van der Waals surface area contributed by atoms with Crippen molar-refractivity contribution in [3.63, 3.8) is 0 Å². The first-order valence-electron chi connectivity index (χ1n) is 11.9. The van der Waals surface area contributed by atoms with Gasteiger partial charge in [-0.2, -0.15) is 4.80 Å². The molecule has 0 fully saturated rings. The maximum Gasteiger partial charge on any atom is 0.255 e. The van der Waals surface area contributed by atoms with E-state index in [4.69, 9.17) is 14.2 Å². The Bertz CT molecular complexity index is 1290. The summed E-state index contributed by atoms with van der Waals surface area (Å²) in [7, 11) is 0. The van der Waals surface area contributed by atoms with Crippen LogP contribution in [0, 0.1) is 0 Å². The number of aromatic nitrogens is 3. The second-order valence-corrected chi connectivity index (χ2v) is 7.77. The minimum absolute atomic E-state index is 0.295. The highest BCUT2D eigenvalue weighted by Gasteiger charge is 2.19. The molecule has 4 aromatic rings. The van der Waals surface area contributed by atoms with Gasteiger partial charge in [0.25, 0.3) is 5.91 Å². The normalized spacial score (nSPS) is 10.9. The molecule has 0 bridgehead atoms. The average molecular weight is 475 g/mol. The van der Waals surface area contributed by atoms with Crippen LogP contribution < -0.4 is 19.5 Å². The van der Waals surface area contributed by atoms with Crippen LogP contribution >= 0.6 is 0 Å². The van der Waals surface area contributed by atoms with E-state index < -0.39 is 0 Å². The van der Waals surface area contributed by atoms with Crippen molar-refractivity contribution in [2.75, 3.05) is 25.1 Å². The Balaban J connectivity index is 1.60. The van der Waals surface area contributed by atoms with Gasteiger partial charge in [-0.3, -0.25) is 4.79 Å². The minimum Gasteiger partial charge on any atom is -0.490 e. The number of carbonyl (C=O) groups excluding carboxylic acids is 1. The van der Waals surface area contributed by atoms with Gasteiger partial charge in [-0.1, -0.05) is 19.1 Å². The summed E-state index contributed by atoms with van der Waals surface area (Å²) in [6.07, 6.45) is 0.977. The molecule has 1 amide bonds. The molecule has 1 heterocycles. The number of anilines is 1. The Hall–Kier alpha value is -4.07. The zero-order chi connectivity index (χ0) is 24.8. The van der Waals surface area contributed by atoms with Crippen LogP contribution in [0.25, 0.3) is 16.7 Å². The second-order valence-electron chi connectivity index (χ2n) is 7.77. The quantitative estimate of drug-likeness (QED) is 0.330. The van der Waals surface area contributed by atoms with E-state index in [1.807, 2.05) is 39.0 Å². The van der Waals surface area contributed by atoms with Crippen LogP contribution in [0.2, 0.25) is 0 Å². The zero-order valence-electron chi connectivity index (χ0n) is 20.5. The first kappa shape index (κ1) is 24.1. The van der Waals surface area contributed by atoms with Crippen molar-refractivity contribution in [1.82, 2.24) is 15.0 Å². The first-order valence-corrected chi connectivity index (χ1v) is 11.9. The van der Waals surface area contributed by atoms with E-state index in [1.165, 1.54) is 5.56 Å². The summed E-state index contributed by atoms with van der Waals surface area (Å²) in [5.41, 5.74) is 4.57. The maximum absolute atomic E-state index is 13.1. The summed E-state index contributed by atoms with van der Waals surface area (Å²) in [6, 6.07) is 16.9. The molecule has 182 valence electrons. The summed E-state index contributed by atoms with van der Waals surface area (Å²) >= 11 is 0. The summed E-state index contributed by atoms with van der Waals surface area (Å²) in [5, 5.41) is 12.1. The predicted octanol–water partition coefficient (Wildman–Crippen LogP) is 5.43. The van der Waals surface area contributed by atoms with Gasteiger partial charge in [0.05, 0.1) is 25.5 Å². The van der Waals surface area contributed by atoms with Crippen LogP contribution in [0.1, 0.15) is 43.6 Å². The molecule has 1 N–H and O–H groups in total. The highest BCUT2D eigenvalue weighted by atomic mass is 16.5. The van der Waals surface area contributed by atoms with Crippen LogP contribution in [-0.2, 0) is 6.42 Å². The van der Waals surface area contributed by atoms with Gasteiger partial charge in [0.1, 0.15) is 11.0 Å². The van der Waals surface area contributed by atoms with Gasteiger partial charge < -0.3 is 19.5 Å². The Morgan fingerprint density at radius 3 is 2.03 bits per heavy atom. The van der Waals surface area contributed by atoms with Crippen molar-refractivity contribution >= 4 is 22.6 Å². The third kappa shape index (κ3) is 5.37. The highest BCUT2D eigenvalue weighted by molar-refractivity contribution is 6.05. The molecule has 0 saturated heterocycles. The molecule has 3 aromatic carbocycles. The van der Waals surface area contributed by atoms with E-state index in [2.05, 4.69) is 34.6 Å². The molecule has 1 aromatic heterocycles. The maximum atomic E-state index is 13.1. The highest BCUT2D eigenvalue weighted by Crippen LogP contribution is 2.39. The molecule has 4 rings (SSSR count). The molecule has 0 spiro atoms. The standard InChI is InChI=1S/C27H30N4O4/c1-5-18-9-12-21(13-10-18)31-29-22-14-11-20(17-23(22)30-31)28-27(32)19-15-24(33-6-2)26(35-8-4)25(16-19)34-7-3/h9-17H,5-8H2,1-4H3,(H,28,32). The fourth-order valence-corrected chi connectivity index (χ4v) is 3.70. The molecule has 35 heavy (non-hydrogen) atoms. The third-order valence-electron chi connectivity index (χ3n) is 5.39. The van der Waals surface area contributed by atoms with Gasteiger partial charge in [0.2, 0.25) is 5.75 Å². The summed E-state index contributed by atoms with van der Waals surface area (Å²) < 4.78 is 17.2. The summed E-state index contributed by atoms with van der Waals surface area (Å²) in [5.74, 6) is 1.14. The molecule has 8 nitrogen and oxygen atoms in total. The first-order chi connectivity index (χ1) is 17.1. The minimum atomic E-state index is -0.295. The molecule has 0 aliphatic rings. The van der Waals surface area contributed by atoms with Crippen molar-refractivity contribution in [2.24, 2.45) is 0 Å². The van der Waals surface area contributed by atoms with Gasteiger partial charge in [-0.25, -0.2) is 0 Å². The van der Waals surface area contributed by atoms with Gasteiger partial charge >= 0.3 is 0 Å². The number of nitrogens with zero attached hydrogens (tertiary/aromatic N) is 3. The number of ether oxygens (including phenoxy) is 3. The number of aryl methyl sites for hydroxylation is 1. The largest absolute Gasteiger partial charge is 0.490 e. The van der Waals surface area contributed by atoms with Crippen LogP contribution in [0.4, 0.5) is 5.69 Å². The topological polar surface area (TPSA) is 87.5 Å². The van der Waals surface area contributed by atoms with Crippen LogP contribution in [-0.4, -0.2) is 40.7 Å². The van der Waals surface area contributed by atoms with Crippen LogP contribution in [0.3, 0.4) is 0 Å². The lowest BCUT2D eigenvalue weighted by Gasteiger charge is -2.17. The molecular weight excluding hydrogens is 444 g/mol. The lowest BCUT2D eigenvalue weighted by atomic mass is 10.1. The number of carbonyl (C=O) groups is 1. The van der Waals surface area contributed by atoms with Crippen LogP contribution in [0.15, 0.2) is 54.6 Å². The number of benzene rings is 3. The van der Waals surface area contributed by atoms with Crippen molar-refractivity contribution in [1.29, 1.82) is 0 Å². The lowest BCUT2D eigenvalue weighted by Crippen LogP contribution is -2.13. The zero-order valence-corrected chi connectivity index (χ0v) is 20.5. The number of amides is 1. The van der Waals surface area contributed by atoms with E-state index in [0.717, 1.165) is 17.6 Å². The van der Waals surface area contributed by atoms with E-state index in [9.17, 15) is 4.79 Å². The van der Waals surface area contributed by atoms with Crippen molar-refractivity contribution in [3.8, 4) is 22.9 Å². The number of nitrogens with one attached hydrogen (secondary N) is 1. The summed E-state index contributed by atoms with van der Waals surface area (Å²) in [4.78, 5) is 14.7. The molecule has 0 aliphatic heterocycles. The second kappa shape index (κ2) is 10.9. The van der Waals surface area contributed by atoms with Gasteiger partial charge in [0.15, 0.2) is 11.5 Å². The van der Waals surface area contributed by atoms with Gasteiger partial charge in [-0.15, -0.1) is 10.2 Å². The number of hydrogen-bond acceptors (Lipinski definition) is 6. The van der Waals surface area contributed by atoms with E-state index in [0.29, 0.717) is 53.8 Å². The van der Waals surface area contributed by atoms with Crippen molar-refractivity contribution in [3.05, 3.63) is 65.7 Å². The number of rotatable bonds is 10. The van der Waals surface area contributed by atoms with Crippen molar-refractivity contribution in [2.45, 2.75) is 34.1 Å². The van der Waals surface area contributed by atoms with E-state index in [-0.39, 0.29) is 5.91 Å². The van der Waals surface area contributed by atoms with Gasteiger partial charge in [0, 0.05) is 11.3 Å². The fraction of sp³-hybridized carbons (Fsp3) is 0.296. The SMILES string of the molecule is CCOc1cc(C(=O)Nc2ccc3nn(-c4ccc(CC)cc4)nc3c2)cc(OCC)c1OCC. The molecule has 0 atom stereocenters. The predicted molar refractivity (Wildman–Crippen MR) is 136 cm³/mol. The van der Waals surface area contributed by atoms with E-state index >= 15 is 0 Å². The average Bonchev–Trinajstić information content (AvgIpc) is 3.29. The fourth-order valence-electron chi connectivity index (χ4n) is 3.70.